The summed E-state index contributed by atoms with van der Waals surface area (Å²) in [4.78, 5) is 3.25. The molecule has 1 saturated heterocycles. The Labute approximate surface area is 180 Å². The smallest absolute Gasteiger partial charge is 0.229 e. The Balaban J connectivity index is 1.60. The number of aliphatic hydroxyl groups excluding tert-OH is 4. The van der Waals surface area contributed by atoms with E-state index >= 15 is 0 Å². The highest BCUT2D eigenvalue weighted by Crippen LogP contribution is 2.33. The van der Waals surface area contributed by atoms with E-state index in [0.29, 0.717) is 12.2 Å². The van der Waals surface area contributed by atoms with Gasteiger partial charge in [-0.3, -0.25) is 0 Å². The zero-order chi connectivity index (χ0) is 22.0. The number of hydrogen-bond donors (Lipinski definition) is 5. The number of aliphatic hydroxyl groups is 4. The summed E-state index contributed by atoms with van der Waals surface area (Å²) in [5, 5.41) is 40.6. The van der Waals surface area contributed by atoms with Gasteiger partial charge in [-0.1, -0.05) is 43.7 Å². The highest BCUT2D eigenvalue weighted by Gasteiger charge is 2.44. The van der Waals surface area contributed by atoms with Gasteiger partial charge in [0.2, 0.25) is 6.29 Å². The SMILES string of the molecule is CCCc1ccc(Cc2c[nH]c3cccc(O[C@@H]4O[C@H](CO)[C@@H](O)[C@H](O)[C@H]4O)c23)cc1. The zero-order valence-electron chi connectivity index (χ0n) is 17.4. The van der Waals surface area contributed by atoms with Gasteiger partial charge in [0.1, 0.15) is 30.2 Å². The molecule has 0 radical (unpaired) electrons. The third-order valence-electron chi connectivity index (χ3n) is 5.80. The summed E-state index contributed by atoms with van der Waals surface area (Å²) in [7, 11) is 0. The fourth-order valence-corrected chi connectivity index (χ4v) is 4.08. The normalized spacial score (nSPS) is 26.3. The molecule has 0 saturated carbocycles. The number of hydrogen-bond acceptors (Lipinski definition) is 6. The first-order chi connectivity index (χ1) is 15.0. The number of ether oxygens (including phenoxy) is 2. The molecule has 0 amide bonds. The van der Waals surface area contributed by atoms with Gasteiger partial charge in [-0.25, -0.2) is 0 Å². The Morgan fingerprint density at radius 1 is 0.968 bits per heavy atom. The van der Waals surface area contributed by atoms with Crippen molar-refractivity contribution in [3.63, 3.8) is 0 Å². The monoisotopic (exact) mass is 427 g/mol. The average Bonchev–Trinajstić information content (AvgIpc) is 3.19. The van der Waals surface area contributed by atoms with Crippen LogP contribution in [0.5, 0.6) is 5.75 Å². The van der Waals surface area contributed by atoms with Gasteiger partial charge in [0.05, 0.1) is 6.61 Å². The number of H-pyrrole nitrogens is 1. The van der Waals surface area contributed by atoms with Crippen LogP contribution in [0.2, 0.25) is 0 Å². The molecule has 166 valence electrons. The van der Waals surface area contributed by atoms with Gasteiger partial charge in [0.25, 0.3) is 0 Å². The molecule has 0 unspecified atom stereocenters. The van der Waals surface area contributed by atoms with Crippen molar-refractivity contribution in [3.05, 3.63) is 65.4 Å². The summed E-state index contributed by atoms with van der Waals surface area (Å²) in [6.45, 7) is 1.66. The molecule has 5 N–H and O–H groups in total. The molecule has 2 aromatic carbocycles. The standard InChI is InChI=1S/C24H29NO6/c1-2-4-14-7-9-15(10-8-14)11-16-12-25-17-5-3-6-18(20(16)17)30-24-23(29)22(28)21(27)19(13-26)31-24/h3,5-10,12,19,21-29H,2,4,11,13H2,1H3/t19-,21-,22+,23-,24-/m1/s1. The van der Waals surface area contributed by atoms with E-state index in [-0.39, 0.29) is 0 Å². The van der Waals surface area contributed by atoms with E-state index in [1.54, 1.807) is 6.07 Å². The Bertz CT molecular complexity index is 999. The predicted molar refractivity (Wildman–Crippen MR) is 116 cm³/mol. The summed E-state index contributed by atoms with van der Waals surface area (Å²) in [5.41, 5.74) is 4.39. The maximum Gasteiger partial charge on any atom is 0.229 e. The van der Waals surface area contributed by atoms with Crippen molar-refractivity contribution in [2.45, 2.75) is 56.9 Å². The number of aromatic amines is 1. The van der Waals surface area contributed by atoms with Gasteiger partial charge in [0, 0.05) is 17.1 Å². The van der Waals surface area contributed by atoms with Crippen LogP contribution in [0.25, 0.3) is 10.9 Å². The number of benzene rings is 2. The third kappa shape index (κ3) is 4.46. The second kappa shape index (κ2) is 9.38. The number of aromatic nitrogens is 1. The maximum atomic E-state index is 10.3. The Kier molecular flexibility index (Phi) is 6.60. The Morgan fingerprint density at radius 2 is 1.71 bits per heavy atom. The second-order valence-electron chi connectivity index (χ2n) is 8.05. The minimum atomic E-state index is -1.48. The van der Waals surface area contributed by atoms with Crippen LogP contribution in [-0.4, -0.2) is 62.7 Å². The summed E-state index contributed by atoms with van der Waals surface area (Å²) >= 11 is 0. The molecule has 31 heavy (non-hydrogen) atoms. The lowest BCUT2D eigenvalue weighted by Gasteiger charge is -2.39. The molecule has 1 fully saturated rings. The molecule has 5 atom stereocenters. The average molecular weight is 427 g/mol. The Hall–Kier alpha value is -2.42. The van der Waals surface area contributed by atoms with E-state index in [1.807, 2.05) is 18.3 Å². The summed E-state index contributed by atoms with van der Waals surface area (Å²) < 4.78 is 11.5. The highest BCUT2D eigenvalue weighted by molar-refractivity contribution is 5.89. The summed E-state index contributed by atoms with van der Waals surface area (Å²) in [6, 6.07) is 14.1. The quantitative estimate of drug-likeness (QED) is 0.393. The lowest BCUT2D eigenvalue weighted by Crippen LogP contribution is -2.60. The van der Waals surface area contributed by atoms with Crippen molar-refractivity contribution in [1.29, 1.82) is 0 Å². The molecule has 1 aliphatic rings. The van der Waals surface area contributed by atoms with Crippen LogP contribution in [0.15, 0.2) is 48.7 Å². The second-order valence-corrected chi connectivity index (χ2v) is 8.05. The predicted octanol–water partition coefficient (Wildman–Crippen LogP) is 1.89. The minimum Gasteiger partial charge on any atom is -0.461 e. The van der Waals surface area contributed by atoms with Crippen molar-refractivity contribution < 1.29 is 29.9 Å². The van der Waals surface area contributed by atoms with Gasteiger partial charge in [-0.15, -0.1) is 0 Å². The van der Waals surface area contributed by atoms with Crippen LogP contribution in [0, 0.1) is 0 Å². The zero-order valence-corrected chi connectivity index (χ0v) is 17.4. The maximum absolute atomic E-state index is 10.3. The fraction of sp³-hybridized carbons (Fsp3) is 0.417. The van der Waals surface area contributed by atoms with Crippen molar-refractivity contribution >= 4 is 10.9 Å². The molecule has 3 aromatic rings. The first kappa shape index (κ1) is 21.8. The molecule has 4 rings (SSSR count). The summed E-state index contributed by atoms with van der Waals surface area (Å²) in [5.74, 6) is 0.487. The van der Waals surface area contributed by atoms with Crippen LogP contribution in [0.1, 0.15) is 30.0 Å². The molecule has 0 bridgehead atoms. The molecule has 7 heteroatoms. The minimum absolute atomic E-state index is 0.487. The van der Waals surface area contributed by atoms with Crippen molar-refractivity contribution in [1.82, 2.24) is 4.98 Å². The van der Waals surface area contributed by atoms with Gasteiger partial charge in [-0.2, -0.15) is 0 Å². The van der Waals surface area contributed by atoms with E-state index in [4.69, 9.17) is 9.47 Å². The van der Waals surface area contributed by atoms with E-state index < -0.39 is 37.3 Å². The van der Waals surface area contributed by atoms with Crippen LogP contribution in [0.3, 0.4) is 0 Å². The van der Waals surface area contributed by atoms with Gasteiger partial charge >= 0.3 is 0 Å². The van der Waals surface area contributed by atoms with E-state index in [1.165, 1.54) is 11.1 Å². The Morgan fingerprint density at radius 3 is 2.42 bits per heavy atom. The molecular weight excluding hydrogens is 398 g/mol. The van der Waals surface area contributed by atoms with Crippen molar-refractivity contribution in [3.8, 4) is 5.75 Å². The molecular formula is C24H29NO6. The fourth-order valence-electron chi connectivity index (χ4n) is 4.08. The lowest BCUT2D eigenvalue weighted by atomic mass is 9.99. The number of fused-ring (bicyclic) bond motifs is 1. The molecule has 1 aromatic heterocycles. The first-order valence-corrected chi connectivity index (χ1v) is 10.7. The molecule has 0 aliphatic carbocycles. The topological polar surface area (TPSA) is 115 Å². The third-order valence-corrected chi connectivity index (χ3v) is 5.80. The number of nitrogens with one attached hydrogen (secondary N) is 1. The molecule has 7 nitrogen and oxygen atoms in total. The number of rotatable bonds is 7. The lowest BCUT2D eigenvalue weighted by molar-refractivity contribution is -0.277. The van der Waals surface area contributed by atoms with Crippen LogP contribution in [0.4, 0.5) is 0 Å². The van der Waals surface area contributed by atoms with E-state index in [9.17, 15) is 20.4 Å². The first-order valence-electron chi connectivity index (χ1n) is 10.7. The van der Waals surface area contributed by atoms with Gasteiger partial charge in [-0.05, 0) is 41.7 Å². The van der Waals surface area contributed by atoms with Gasteiger partial charge in [0.15, 0.2) is 0 Å². The number of aryl methyl sites for hydroxylation is 1. The van der Waals surface area contributed by atoms with E-state index in [0.717, 1.165) is 29.3 Å². The highest BCUT2D eigenvalue weighted by atomic mass is 16.7. The van der Waals surface area contributed by atoms with Crippen LogP contribution >= 0.6 is 0 Å². The van der Waals surface area contributed by atoms with E-state index in [2.05, 4.69) is 36.2 Å². The largest absolute Gasteiger partial charge is 0.461 e. The van der Waals surface area contributed by atoms with Gasteiger partial charge < -0.3 is 34.9 Å². The summed E-state index contributed by atoms with van der Waals surface area (Å²) in [6.07, 6.45) is -1.80. The van der Waals surface area contributed by atoms with Crippen molar-refractivity contribution in [2.75, 3.05) is 6.61 Å². The molecule has 2 heterocycles. The van der Waals surface area contributed by atoms with Crippen LogP contribution in [-0.2, 0) is 17.6 Å². The van der Waals surface area contributed by atoms with Crippen molar-refractivity contribution in [2.24, 2.45) is 0 Å². The molecule has 0 spiro atoms. The molecule has 1 aliphatic heterocycles. The van der Waals surface area contributed by atoms with Crippen LogP contribution < -0.4 is 4.74 Å².